The Hall–Kier alpha value is -2.35. The van der Waals surface area contributed by atoms with E-state index in [0.717, 1.165) is 6.61 Å². The SMILES string of the molecule is C=CCN(c1ccccc1Cl)S(=O)(=O)c1cccc(C(=O)NCCCOCC2CC2)c1. The van der Waals surface area contributed by atoms with E-state index in [9.17, 15) is 13.2 Å². The fourth-order valence-electron chi connectivity index (χ4n) is 3.03. The lowest BCUT2D eigenvalue weighted by Crippen LogP contribution is -2.32. The lowest BCUT2D eigenvalue weighted by Gasteiger charge is -2.24. The molecule has 0 spiro atoms. The number of sulfonamides is 1. The van der Waals surface area contributed by atoms with Gasteiger partial charge in [-0.05, 0) is 55.5 Å². The summed E-state index contributed by atoms with van der Waals surface area (Å²) in [5, 5.41) is 3.12. The van der Waals surface area contributed by atoms with E-state index >= 15 is 0 Å². The highest BCUT2D eigenvalue weighted by Crippen LogP contribution is 2.30. The van der Waals surface area contributed by atoms with E-state index in [1.165, 1.54) is 35.4 Å². The maximum Gasteiger partial charge on any atom is 0.264 e. The molecule has 166 valence electrons. The van der Waals surface area contributed by atoms with E-state index in [2.05, 4.69) is 11.9 Å². The maximum absolute atomic E-state index is 13.3. The standard InChI is InChI=1S/C23H27ClN2O4S/c1-2-14-26(22-10-4-3-9-21(22)24)31(28,29)20-8-5-7-19(16-20)23(27)25-13-6-15-30-17-18-11-12-18/h2-5,7-10,16,18H,1,6,11-15,17H2,(H,25,27). The highest BCUT2D eigenvalue weighted by Gasteiger charge is 2.26. The molecule has 1 aliphatic rings. The van der Waals surface area contributed by atoms with Gasteiger partial charge in [0.2, 0.25) is 0 Å². The van der Waals surface area contributed by atoms with Crippen molar-refractivity contribution in [3.63, 3.8) is 0 Å². The fraction of sp³-hybridized carbons (Fsp3) is 0.348. The van der Waals surface area contributed by atoms with Crippen molar-refractivity contribution in [2.45, 2.75) is 24.2 Å². The molecular formula is C23H27ClN2O4S. The topological polar surface area (TPSA) is 75.7 Å². The summed E-state index contributed by atoms with van der Waals surface area (Å²) in [5.41, 5.74) is 0.628. The van der Waals surface area contributed by atoms with E-state index in [-0.39, 0.29) is 22.9 Å². The molecule has 1 saturated carbocycles. The van der Waals surface area contributed by atoms with E-state index in [1.807, 2.05) is 0 Å². The first-order valence-corrected chi connectivity index (χ1v) is 12.1. The fourth-order valence-corrected chi connectivity index (χ4v) is 4.82. The molecule has 1 N–H and O–H groups in total. The second kappa shape index (κ2) is 10.8. The van der Waals surface area contributed by atoms with E-state index < -0.39 is 10.0 Å². The van der Waals surface area contributed by atoms with Crippen molar-refractivity contribution in [3.8, 4) is 0 Å². The van der Waals surface area contributed by atoms with Gasteiger partial charge in [-0.15, -0.1) is 6.58 Å². The third kappa shape index (κ3) is 6.32. The number of hydrogen-bond acceptors (Lipinski definition) is 4. The summed E-state index contributed by atoms with van der Waals surface area (Å²) in [7, 11) is -3.95. The third-order valence-electron chi connectivity index (χ3n) is 4.90. The van der Waals surface area contributed by atoms with Gasteiger partial charge < -0.3 is 10.1 Å². The molecule has 6 nitrogen and oxygen atoms in total. The van der Waals surface area contributed by atoms with Gasteiger partial charge in [0.25, 0.3) is 15.9 Å². The van der Waals surface area contributed by atoms with Gasteiger partial charge >= 0.3 is 0 Å². The number of carbonyl (C=O) groups excluding carboxylic acids is 1. The van der Waals surface area contributed by atoms with Crippen molar-refractivity contribution in [1.29, 1.82) is 0 Å². The van der Waals surface area contributed by atoms with E-state index in [1.54, 1.807) is 36.4 Å². The van der Waals surface area contributed by atoms with Crippen LogP contribution in [0.3, 0.4) is 0 Å². The molecule has 0 atom stereocenters. The van der Waals surface area contributed by atoms with Crippen LogP contribution in [-0.4, -0.2) is 40.6 Å². The Morgan fingerprint density at radius 1 is 1.23 bits per heavy atom. The lowest BCUT2D eigenvalue weighted by atomic mass is 10.2. The van der Waals surface area contributed by atoms with Crippen LogP contribution in [0.15, 0.2) is 66.1 Å². The molecule has 1 aliphatic carbocycles. The summed E-state index contributed by atoms with van der Waals surface area (Å²) >= 11 is 6.23. The number of amides is 1. The van der Waals surface area contributed by atoms with Gasteiger partial charge in [-0.2, -0.15) is 0 Å². The summed E-state index contributed by atoms with van der Waals surface area (Å²) in [6.07, 6.45) is 4.69. The Morgan fingerprint density at radius 3 is 2.71 bits per heavy atom. The second-order valence-corrected chi connectivity index (χ2v) is 9.70. The summed E-state index contributed by atoms with van der Waals surface area (Å²) in [6, 6.07) is 12.7. The number of para-hydroxylation sites is 1. The summed E-state index contributed by atoms with van der Waals surface area (Å²) < 4.78 is 33.4. The van der Waals surface area contributed by atoms with Crippen molar-refractivity contribution in [1.82, 2.24) is 5.32 Å². The van der Waals surface area contributed by atoms with E-state index in [4.69, 9.17) is 16.3 Å². The van der Waals surface area contributed by atoms with Crippen molar-refractivity contribution in [3.05, 3.63) is 71.8 Å². The van der Waals surface area contributed by atoms with Gasteiger partial charge in [-0.3, -0.25) is 9.10 Å². The normalized spacial score (nSPS) is 13.6. The van der Waals surface area contributed by atoms with Crippen LogP contribution < -0.4 is 9.62 Å². The number of nitrogens with zero attached hydrogens (tertiary/aromatic N) is 1. The largest absolute Gasteiger partial charge is 0.381 e. The first kappa shape index (κ1) is 23.3. The zero-order valence-electron chi connectivity index (χ0n) is 17.3. The highest BCUT2D eigenvalue weighted by atomic mass is 35.5. The summed E-state index contributed by atoms with van der Waals surface area (Å²) in [5.74, 6) is 0.387. The van der Waals surface area contributed by atoms with Crippen LogP contribution in [0.25, 0.3) is 0 Å². The van der Waals surface area contributed by atoms with Crippen molar-refractivity contribution >= 4 is 33.2 Å². The molecule has 0 heterocycles. The second-order valence-electron chi connectivity index (χ2n) is 7.43. The number of benzene rings is 2. The minimum Gasteiger partial charge on any atom is -0.381 e. The first-order valence-electron chi connectivity index (χ1n) is 10.3. The van der Waals surface area contributed by atoms with Gasteiger partial charge in [-0.25, -0.2) is 8.42 Å². The molecule has 31 heavy (non-hydrogen) atoms. The molecule has 2 aromatic carbocycles. The number of halogens is 1. The van der Waals surface area contributed by atoms with Gasteiger partial charge in [0.15, 0.2) is 0 Å². The number of carbonyl (C=O) groups is 1. The number of rotatable bonds is 12. The highest BCUT2D eigenvalue weighted by molar-refractivity contribution is 7.92. The molecule has 2 aromatic rings. The van der Waals surface area contributed by atoms with Gasteiger partial charge in [-0.1, -0.05) is 35.9 Å². The molecular weight excluding hydrogens is 436 g/mol. The Morgan fingerprint density at radius 2 is 2.00 bits per heavy atom. The number of ether oxygens (including phenoxy) is 1. The van der Waals surface area contributed by atoms with Gasteiger partial charge in [0.05, 0.1) is 22.2 Å². The lowest BCUT2D eigenvalue weighted by molar-refractivity contribution is 0.0937. The molecule has 0 radical (unpaired) electrons. The summed E-state index contributed by atoms with van der Waals surface area (Å²) in [6.45, 7) is 5.55. The Labute approximate surface area is 188 Å². The molecule has 0 aliphatic heterocycles. The van der Waals surface area contributed by atoms with Crippen LogP contribution in [0, 0.1) is 5.92 Å². The quantitative estimate of drug-likeness (QED) is 0.377. The number of anilines is 1. The van der Waals surface area contributed by atoms with Crippen LogP contribution in [0.1, 0.15) is 29.6 Å². The molecule has 0 saturated heterocycles. The van der Waals surface area contributed by atoms with Gasteiger partial charge in [0, 0.05) is 25.3 Å². The smallest absolute Gasteiger partial charge is 0.264 e. The molecule has 3 rings (SSSR count). The Kier molecular flexibility index (Phi) is 8.12. The minimum absolute atomic E-state index is 0.00897. The molecule has 8 heteroatoms. The van der Waals surface area contributed by atoms with Crippen LogP contribution in [0.2, 0.25) is 5.02 Å². The molecule has 0 bridgehead atoms. The Bertz CT molecular complexity index is 1020. The number of hydrogen-bond donors (Lipinski definition) is 1. The molecule has 0 aromatic heterocycles. The van der Waals surface area contributed by atoms with Crippen LogP contribution in [0.5, 0.6) is 0 Å². The minimum atomic E-state index is -3.95. The van der Waals surface area contributed by atoms with Crippen LogP contribution >= 0.6 is 11.6 Å². The van der Waals surface area contributed by atoms with Crippen molar-refractivity contribution in [2.75, 3.05) is 30.6 Å². The third-order valence-corrected chi connectivity index (χ3v) is 7.00. The predicted molar refractivity (Wildman–Crippen MR) is 123 cm³/mol. The monoisotopic (exact) mass is 462 g/mol. The zero-order chi connectivity index (χ0) is 22.3. The Balaban J connectivity index is 1.68. The average molecular weight is 463 g/mol. The van der Waals surface area contributed by atoms with E-state index in [0.29, 0.717) is 36.2 Å². The van der Waals surface area contributed by atoms with Crippen LogP contribution in [-0.2, 0) is 14.8 Å². The predicted octanol–water partition coefficient (Wildman–Crippen LogP) is 4.27. The molecule has 0 unspecified atom stereocenters. The number of nitrogens with one attached hydrogen (secondary N) is 1. The maximum atomic E-state index is 13.3. The zero-order valence-corrected chi connectivity index (χ0v) is 18.9. The summed E-state index contributed by atoms with van der Waals surface area (Å²) in [4.78, 5) is 12.5. The van der Waals surface area contributed by atoms with Crippen molar-refractivity contribution in [2.24, 2.45) is 5.92 Å². The molecule has 1 fully saturated rings. The van der Waals surface area contributed by atoms with Gasteiger partial charge in [0.1, 0.15) is 0 Å². The van der Waals surface area contributed by atoms with Crippen molar-refractivity contribution < 1.29 is 17.9 Å². The molecule has 1 amide bonds. The average Bonchev–Trinajstić information content (AvgIpc) is 3.59. The van der Waals surface area contributed by atoms with Crippen LogP contribution in [0.4, 0.5) is 5.69 Å². The first-order chi connectivity index (χ1) is 14.9.